The molecule has 3 aromatic rings. The van der Waals surface area contributed by atoms with Crippen LogP contribution >= 0.6 is 0 Å². The summed E-state index contributed by atoms with van der Waals surface area (Å²) < 4.78 is 10.5. The van der Waals surface area contributed by atoms with Crippen LogP contribution in [0, 0.1) is 6.92 Å². The number of methoxy groups -OCH3 is 1. The van der Waals surface area contributed by atoms with E-state index in [-0.39, 0.29) is 6.79 Å². The van der Waals surface area contributed by atoms with Crippen molar-refractivity contribution >= 4 is 11.1 Å². The Morgan fingerprint density at radius 2 is 1.31 bits per heavy atom. The van der Waals surface area contributed by atoms with Gasteiger partial charge in [-0.25, -0.2) is 0 Å². The van der Waals surface area contributed by atoms with E-state index in [4.69, 9.17) is 9.47 Å². The summed E-state index contributed by atoms with van der Waals surface area (Å²) in [7, 11) is 1.62. The standard InChI is InChI=1S/C24H24O2/c1-18-9-11-21(12-10-18)24(19(2)20-7-5-4-6-8-20)22-13-15-23(16-14-22)26-17-25-3/h4-16H,17H2,1-3H3/b24-19+. The summed E-state index contributed by atoms with van der Waals surface area (Å²) in [6, 6.07) is 27.4. The monoisotopic (exact) mass is 344 g/mol. The van der Waals surface area contributed by atoms with Crippen molar-refractivity contribution in [1.82, 2.24) is 0 Å². The third-order valence-electron chi connectivity index (χ3n) is 4.41. The van der Waals surface area contributed by atoms with E-state index in [1.165, 1.54) is 33.4 Å². The van der Waals surface area contributed by atoms with Crippen molar-refractivity contribution in [3.63, 3.8) is 0 Å². The van der Waals surface area contributed by atoms with Gasteiger partial charge in [0.25, 0.3) is 0 Å². The summed E-state index contributed by atoms with van der Waals surface area (Å²) in [5.74, 6) is 0.802. The highest BCUT2D eigenvalue weighted by Gasteiger charge is 2.11. The molecule has 0 heterocycles. The number of benzene rings is 3. The van der Waals surface area contributed by atoms with Gasteiger partial charge in [-0.3, -0.25) is 0 Å². The van der Waals surface area contributed by atoms with Gasteiger partial charge < -0.3 is 9.47 Å². The summed E-state index contributed by atoms with van der Waals surface area (Å²) in [6.07, 6.45) is 0. The van der Waals surface area contributed by atoms with Gasteiger partial charge in [-0.1, -0.05) is 72.3 Å². The highest BCUT2D eigenvalue weighted by molar-refractivity contribution is 5.97. The fourth-order valence-corrected chi connectivity index (χ4v) is 3.00. The maximum atomic E-state index is 5.52. The third kappa shape index (κ3) is 4.22. The van der Waals surface area contributed by atoms with E-state index in [0.29, 0.717) is 0 Å². The zero-order valence-corrected chi connectivity index (χ0v) is 15.5. The van der Waals surface area contributed by atoms with Crippen LogP contribution in [0.2, 0.25) is 0 Å². The molecule has 0 saturated carbocycles. The lowest BCUT2D eigenvalue weighted by Gasteiger charge is -2.15. The smallest absolute Gasteiger partial charge is 0.188 e. The molecule has 0 radical (unpaired) electrons. The van der Waals surface area contributed by atoms with Crippen LogP contribution in [0.5, 0.6) is 5.75 Å². The summed E-state index contributed by atoms with van der Waals surface area (Å²) in [5, 5.41) is 0. The fraction of sp³-hybridized carbons (Fsp3) is 0.167. The fourth-order valence-electron chi connectivity index (χ4n) is 3.00. The number of aryl methyl sites for hydroxylation is 1. The molecule has 0 saturated heterocycles. The predicted molar refractivity (Wildman–Crippen MR) is 108 cm³/mol. The van der Waals surface area contributed by atoms with Crippen molar-refractivity contribution in [3.8, 4) is 5.75 Å². The van der Waals surface area contributed by atoms with Gasteiger partial charge in [-0.05, 0) is 53.8 Å². The third-order valence-corrected chi connectivity index (χ3v) is 4.41. The molecule has 0 fully saturated rings. The summed E-state index contributed by atoms with van der Waals surface area (Å²) in [6.45, 7) is 4.54. The van der Waals surface area contributed by atoms with E-state index < -0.39 is 0 Å². The molecule has 0 N–H and O–H groups in total. The Morgan fingerprint density at radius 1 is 0.731 bits per heavy atom. The second kappa shape index (κ2) is 8.50. The van der Waals surface area contributed by atoms with Gasteiger partial charge in [0.15, 0.2) is 6.79 Å². The SMILES string of the molecule is COCOc1ccc(/C(=C(\C)c2ccccc2)c2ccc(C)cc2)cc1. The molecule has 3 rings (SSSR count). The van der Waals surface area contributed by atoms with Gasteiger partial charge in [0.1, 0.15) is 5.75 Å². The zero-order chi connectivity index (χ0) is 18.4. The molecule has 0 aromatic heterocycles. The van der Waals surface area contributed by atoms with Gasteiger partial charge in [-0.2, -0.15) is 0 Å². The lowest BCUT2D eigenvalue weighted by atomic mass is 9.90. The van der Waals surface area contributed by atoms with Crippen LogP contribution in [0.4, 0.5) is 0 Å². The van der Waals surface area contributed by atoms with E-state index in [0.717, 1.165) is 5.75 Å². The van der Waals surface area contributed by atoms with Gasteiger partial charge in [-0.15, -0.1) is 0 Å². The molecule has 0 aliphatic rings. The molecule has 132 valence electrons. The van der Waals surface area contributed by atoms with E-state index in [2.05, 4.69) is 74.5 Å². The Kier molecular flexibility index (Phi) is 5.88. The lowest BCUT2D eigenvalue weighted by Crippen LogP contribution is -1.99. The van der Waals surface area contributed by atoms with Crippen LogP contribution in [0.25, 0.3) is 11.1 Å². The Balaban J connectivity index is 2.07. The summed E-state index contributed by atoms with van der Waals surface area (Å²) in [4.78, 5) is 0. The first-order valence-electron chi connectivity index (χ1n) is 8.74. The minimum Gasteiger partial charge on any atom is -0.468 e. The van der Waals surface area contributed by atoms with Crippen molar-refractivity contribution in [1.29, 1.82) is 0 Å². The second-order valence-electron chi connectivity index (χ2n) is 6.31. The first-order valence-corrected chi connectivity index (χ1v) is 8.74. The molecule has 3 aromatic carbocycles. The second-order valence-corrected chi connectivity index (χ2v) is 6.31. The Bertz CT molecular complexity index is 860. The molecule has 2 nitrogen and oxygen atoms in total. The maximum absolute atomic E-state index is 5.52. The van der Waals surface area contributed by atoms with E-state index in [1.54, 1.807) is 7.11 Å². The number of allylic oxidation sites excluding steroid dienone is 1. The van der Waals surface area contributed by atoms with Crippen molar-refractivity contribution in [3.05, 3.63) is 101 Å². The molecule has 0 spiro atoms. The normalized spacial score (nSPS) is 11.8. The average Bonchev–Trinajstić information content (AvgIpc) is 2.69. The topological polar surface area (TPSA) is 18.5 Å². The molecular weight excluding hydrogens is 320 g/mol. The molecule has 0 bridgehead atoms. The molecular formula is C24H24O2. The zero-order valence-electron chi connectivity index (χ0n) is 15.5. The van der Waals surface area contributed by atoms with Gasteiger partial charge in [0.2, 0.25) is 0 Å². The highest BCUT2D eigenvalue weighted by atomic mass is 16.7. The van der Waals surface area contributed by atoms with Crippen LogP contribution in [0.1, 0.15) is 29.2 Å². The molecule has 0 amide bonds. The molecule has 0 atom stereocenters. The Labute approximate surface area is 155 Å². The molecule has 0 aliphatic carbocycles. The first-order chi connectivity index (χ1) is 12.7. The Hall–Kier alpha value is -2.84. The number of rotatable bonds is 6. The minimum absolute atomic E-state index is 0.253. The maximum Gasteiger partial charge on any atom is 0.188 e. The van der Waals surface area contributed by atoms with Crippen molar-refractivity contribution < 1.29 is 9.47 Å². The number of hydrogen-bond donors (Lipinski definition) is 0. The molecule has 2 heteroatoms. The Morgan fingerprint density at radius 3 is 1.88 bits per heavy atom. The summed E-state index contributed by atoms with van der Waals surface area (Å²) >= 11 is 0. The largest absolute Gasteiger partial charge is 0.468 e. The minimum atomic E-state index is 0.253. The van der Waals surface area contributed by atoms with E-state index >= 15 is 0 Å². The average molecular weight is 344 g/mol. The van der Waals surface area contributed by atoms with Gasteiger partial charge in [0, 0.05) is 7.11 Å². The van der Waals surface area contributed by atoms with Crippen LogP contribution < -0.4 is 4.74 Å². The van der Waals surface area contributed by atoms with E-state index in [1.807, 2.05) is 18.2 Å². The molecule has 0 aliphatic heterocycles. The first kappa shape index (κ1) is 18.0. The highest BCUT2D eigenvalue weighted by Crippen LogP contribution is 2.33. The number of hydrogen-bond acceptors (Lipinski definition) is 2. The summed E-state index contributed by atoms with van der Waals surface area (Å²) in [5.41, 5.74) is 7.34. The molecule has 0 unspecified atom stereocenters. The lowest BCUT2D eigenvalue weighted by molar-refractivity contribution is 0.0511. The van der Waals surface area contributed by atoms with Crippen molar-refractivity contribution in [2.45, 2.75) is 13.8 Å². The number of ether oxygens (including phenoxy) is 2. The van der Waals surface area contributed by atoms with E-state index in [9.17, 15) is 0 Å². The van der Waals surface area contributed by atoms with Gasteiger partial charge >= 0.3 is 0 Å². The van der Waals surface area contributed by atoms with Crippen LogP contribution in [0.3, 0.4) is 0 Å². The van der Waals surface area contributed by atoms with Crippen LogP contribution in [-0.2, 0) is 4.74 Å². The van der Waals surface area contributed by atoms with Crippen LogP contribution in [0.15, 0.2) is 78.9 Å². The van der Waals surface area contributed by atoms with Gasteiger partial charge in [0.05, 0.1) is 0 Å². The van der Waals surface area contributed by atoms with Crippen molar-refractivity contribution in [2.24, 2.45) is 0 Å². The quantitative estimate of drug-likeness (QED) is 0.406. The predicted octanol–water partition coefficient (Wildman–Crippen LogP) is 5.96. The van der Waals surface area contributed by atoms with Crippen molar-refractivity contribution in [2.75, 3.05) is 13.9 Å². The van der Waals surface area contributed by atoms with Crippen LogP contribution in [-0.4, -0.2) is 13.9 Å². The molecule has 26 heavy (non-hydrogen) atoms.